The molecule has 0 aromatic heterocycles. The number of rotatable bonds is 6. The van der Waals surface area contributed by atoms with E-state index in [9.17, 15) is 9.59 Å². The molecule has 0 fully saturated rings. The average Bonchev–Trinajstić information content (AvgIpc) is 2.38. The summed E-state index contributed by atoms with van der Waals surface area (Å²) in [6, 6.07) is 7.09. The molecule has 17 heavy (non-hydrogen) atoms. The SMILES string of the molecule is CCC(=O)c1ccccc1OCCC(=O)NC. The Hall–Kier alpha value is -1.84. The molecule has 0 heterocycles. The van der Waals surface area contributed by atoms with E-state index in [2.05, 4.69) is 5.32 Å². The highest BCUT2D eigenvalue weighted by Crippen LogP contribution is 2.19. The predicted molar refractivity (Wildman–Crippen MR) is 65.2 cm³/mol. The molecule has 0 saturated heterocycles. The van der Waals surface area contributed by atoms with Gasteiger partial charge in [-0.25, -0.2) is 0 Å². The number of carbonyl (C=O) groups excluding carboxylic acids is 2. The van der Waals surface area contributed by atoms with E-state index in [1.54, 1.807) is 25.2 Å². The van der Waals surface area contributed by atoms with Gasteiger partial charge in [-0.1, -0.05) is 19.1 Å². The normalized spacial score (nSPS) is 9.76. The number of hydrogen-bond acceptors (Lipinski definition) is 3. The molecule has 0 aliphatic carbocycles. The molecular formula is C13H17NO3. The summed E-state index contributed by atoms with van der Waals surface area (Å²) >= 11 is 0. The van der Waals surface area contributed by atoms with Crippen molar-refractivity contribution >= 4 is 11.7 Å². The first-order chi connectivity index (χ1) is 8.19. The second-order valence-electron chi connectivity index (χ2n) is 3.54. The smallest absolute Gasteiger partial charge is 0.223 e. The predicted octanol–water partition coefficient (Wildman–Crippen LogP) is 1.79. The Morgan fingerprint density at radius 3 is 2.65 bits per heavy atom. The van der Waals surface area contributed by atoms with Crippen LogP contribution in [0.15, 0.2) is 24.3 Å². The third-order valence-corrected chi connectivity index (χ3v) is 2.37. The summed E-state index contributed by atoms with van der Waals surface area (Å²) in [7, 11) is 1.58. The zero-order valence-corrected chi connectivity index (χ0v) is 10.2. The Kier molecular flexibility index (Phi) is 5.20. The van der Waals surface area contributed by atoms with Crippen molar-refractivity contribution < 1.29 is 14.3 Å². The monoisotopic (exact) mass is 235 g/mol. The molecule has 1 amide bonds. The summed E-state index contributed by atoms with van der Waals surface area (Å²) in [5.41, 5.74) is 0.576. The lowest BCUT2D eigenvalue weighted by atomic mass is 10.1. The van der Waals surface area contributed by atoms with Gasteiger partial charge >= 0.3 is 0 Å². The Balaban J connectivity index is 2.64. The van der Waals surface area contributed by atoms with Gasteiger partial charge in [0.1, 0.15) is 5.75 Å². The summed E-state index contributed by atoms with van der Waals surface area (Å²) in [5.74, 6) is 0.507. The van der Waals surface area contributed by atoms with Crippen LogP contribution in [0.5, 0.6) is 5.75 Å². The minimum absolute atomic E-state index is 0.0422. The van der Waals surface area contributed by atoms with Crippen molar-refractivity contribution in [3.63, 3.8) is 0 Å². The molecule has 0 aliphatic heterocycles. The van der Waals surface area contributed by atoms with Crippen LogP contribution in [0.2, 0.25) is 0 Å². The lowest BCUT2D eigenvalue weighted by Crippen LogP contribution is -2.20. The highest BCUT2D eigenvalue weighted by atomic mass is 16.5. The van der Waals surface area contributed by atoms with Crippen LogP contribution in [0, 0.1) is 0 Å². The third kappa shape index (κ3) is 3.90. The van der Waals surface area contributed by atoms with Crippen molar-refractivity contribution in [3.05, 3.63) is 29.8 Å². The summed E-state index contributed by atoms with van der Waals surface area (Å²) < 4.78 is 5.45. The molecule has 0 saturated carbocycles. The number of carbonyl (C=O) groups is 2. The molecule has 0 spiro atoms. The van der Waals surface area contributed by atoms with Crippen molar-refractivity contribution in [2.24, 2.45) is 0 Å². The first-order valence-electron chi connectivity index (χ1n) is 5.64. The van der Waals surface area contributed by atoms with Gasteiger partial charge < -0.3 is 10.1 Å². The van der Waals surface area contributed by atoms with Gasteiger partial charge in [0.05, 0.1) is 18.6 Å². The molecule has 4 heteroatoms. The molecule has 0 bridgehead atoms. The van der Waals surface area contributed by atoms with Crippen LogP contribution >= 0.6 is 0 Å². The van der Waals surface area contributed by atoms with Gasteiger partial charge in [0.2, 0.25) is 5.91 Å². The minimum atomic E-state index is -0.0794. The fourth-order valence-corrected chi connectivity index (χ4v) is 1.39. The van der Waals surface area contributed by atoms with Crippen molar-refractivity contribution in [3.8, 4) is 5.75 Å². The first-order valence-corrected chi connectivity index (χ1v) is 5.64. The first kappa shape index (κ1) is 13.2. The van der Waals surface area contributed by atoms with E-state index in [1.807, 2.05) is 13.0 Å². The molecule has 0 aliphatic rings. The number of benzene rings is 1. The van der Waals surface area contributed by atoms with Crippen LogP contribution in [0.3, 0.4) is 0 Å². The molecule has 1 aromatic rings. The van der Waals surface area contributed by atoms with Gasteiger partial charge in [-0.2, -0.15) is 0 Å². The average molecular weight is 235 g/mol. The Morgan fingerprint density at radius 1 is 1.29 bits per heavy atom. The fraction of sp³-hybridized carbons (Fsp3) is 0.385. The molecule has 0 unspecified atom stereocenters. The second kappa shape index (κ2) is 6.68. The zero-order chi connectivity index (χ0) is 12.7. The summed E-state index contributed by atoms with van der Waals surface area (Å²) in [5, 5.41) is 2.51. The standard InChI is InChI=1S/C13H17NO3/c1-3-11(15)10-6-4-5-7-12(10)17-9-8-13(16)14-2/h4-7H,3,8-9H2,1-2H3,(H,14,16). The highest BCUT2D eigenvalue weighted by molar-refractivity contribution is 5.98. The summed E-state index contributed by atoms with van der Waals surface area (Å²) in [4.78, 5) is 22.6. The quantitative estimate of drug-likeness (QED) is 0.765. The van der Waals surface area contributed by atoms with Gasteiger partial charge in [0, 0.05) is 13.5 Å². The Labute approximate surface area is 101 Å². The van der Waals surface area contributed by atoms with Crippen LogP contribution in [-0.4, -0.2) is 25.3 Å². The number of para-hydroxylation sites is 1. The van der Waals surface area contributed by atoms with Gasteiger partial charge in [0.25, 0.3) is 0 Å². The molecule has 0 radical (unpaired) electrons. The molecular weight excluding hydrogens is 218 g/mol. The van der Waals surface area contributed by atoms with E-state index in [-0.39, 0.29) is 24.7 Å². The van der Waals surface area contributed by atoms with Crippen LogP contribution < -0.4 is 10.1 Å². The number of nitrogens with one attached hydrogen (secondary N) is 1. The maximum atomic E-state index is 11.6. The van der Waals surface area contributed by atoms with Gasteiger partial charge in [-0.15, -0.1) is 0 Å². The topological polar surface area (TPSA) is 55.4 Å². The lowest BCUT2D eigenvalue weighted by molar-refractivity contribution is -0.121. The summed E-state index contributed by atoms with van der Waals surface area (Å²) in [6.45, 7) is 2.08. The van der Waals surface area contributed by atoms with E-state index in [1.165, 1.54) is 0 Å². The third-order valence-electron chi connectivity index (χ3n) is 2.37. The molecule has 1 aromatic carbocycles. The van der Waals surface area contributed by atoms with E-state index in [0.717, 1.165) is 0 Å². The minimum Gasteiger partial charge on any atom is -0.492 e. The van der Waals surface area contributed by atoms with Crippen molar-refractivity contribution in [1.82, 2.24) is 5.32 Å². The number of amides is 1. The Bertz CT molecular complexity index is 401. The van der Waals surface area contributed by atoms with Crippen LogP contribution in [-0.2, 0) is 4.79 Å². The molecule has 1 N–H and O–H groups in total. The maximum absolute atomic E-state index is 11.6. The van der Waals surface area contributed by atoms with Gasteiger partial charge in [-0.3, -0.25) is 9.59 Å². The van der Waals surface area contributed by atoms with Crippen LogP contribution in [0.4, 0.5) is 0 Å². The number of ether oxygens (including phenoxy) is 1. The van der Waals surface area contributed by atoms with Crippen molar-refractivity contribution in [1.29, 1.82) is 0 Å². The van der Waals surface area contributed by atoms with E-state index in [0.29, 0.717) is 17.7 Å². The molecule has 92 valence electrons. The molecule has 1 rings (SSSR count). The number of hydrogen-bond donors (Lipinski definition) is 1. The molecule has 4 nitrogen and oxygen atoms in total. The number of ketones is 1. The van der Waals surface area contributed by atoms with Gasteiger partial charge in [-0.05, 0) is 12.1 Å². The Morgan fingerprint density at radius 2 is 2.00 bits per heavy atom. The van der Waals surface area contributed by atoms with Crippen LogP contribution in [0.1, 0.15) is 30.1 Å². The molecule has 0 atom stereocenters. The number of Topliss-reactive ketones (excluding diaryl/α,β-unsaturated/α-hetero) is 1. The largest absolute Gasteiger partial charge is 0.492 e. The van der Waals surface area contributed by atoms with E-state index in [4.69, 9.17) is 4.74 Å². The van der Waals surface area contributed by atoms with Crippen LogP contribution in [0.25, 0.3) is 0 Å². The van der Waals surface area contributed by atoms with Crippen molar-refractivity contribution in [2.75, 3.05) is 13.7 Å². The zero-order valence-electron chi connectivity index (χ0n) is 10.2. The van der Waals surface area contributed by atoms with E-state index < -0.39 is 0 Å². The maximum Gasteiger partial charge on any atom is 0.223 e. The summed E-state index contributed by atoms with van der Waals surface area (Å²) in [6.07, 6.45) is 0.723. The lowest BCUT2D eigenvalue weighted by Gasteiger charge is -2.09. The van der Waals surface area contributed by atoms with Crippen molar-refractivity contribution in [2.45, 2.75) is 19.8 Å². The second-order valence-corrected chi connectivity index (χ2v) is 3.54. The fourth-order valence-electron chi connectivity index (χ4n) is 1.39. The van der Waals surface area contributed by atoms with E-state index >= 15 is 0 Å². The highest BCUT2D eigenvalue weighted by Gasteiger charge is 2.10. The van der Waals surface area contributed by atoms with Gasteiger partial charge in [0.15, 0.2) is 5.78 Å².